The number of benzene rings is 1. The van der Waals surface area contributed by atoms with Crippen molar-refractivity contribution in [2.24, 2.45) is 5.92 Å². The summed E-state index contributed by atoms with van der Waals surface area (Å²) in [6.45, 7) is 17.0. The summed E-state index contributed by atoms with van der Waals surface area (Å²) in [5.74, 6) is 1.08. The SMILES string of the molecule is CCC(C)(C)n1nnnc1[C@@H](C(C)C)N(Cc1cc2c(C)cc(C)cc2[nH]c1=O)C[C@H]1CCCO1. The fraction of sp³-hybridized carbons (Fsp3) is 0.630. The molecule has 1 saturated heterocycles. The fourth-order valence-corrected chi connectivity index (χ4v) is 5.22. The van der Waals surface area contributed by atoms with Crippen LogP contribution in [0, 0.1) is 19.8 Å². The molecule has 0 amide bonds. The predicted octanol–water partition coefficient (Wildman–Crippen LogP) is 4.65. The summed E-state index contributed by atoms with van der Waals surface area (Å²) in [4.78, 5) is 18.7. The van der Waals surface area contributed by atoms with Crippen LogP contribution in [-0.4, -0.2) is 49.3 Å². The largest absolute Gasteiger partial charge is 0.377 e. The number of rotatable bonds is 9. The minimum atomic E-state index is -0.211. The Balaban J connectivity index is 1.78. The van der Waals surface area contributed by atoms with Gasteiger partial charge in [0, 0.05) is 36.2 Å². The van der Waals surface area contributed by atoms with Crippen LogP contribution in [0.15, 0.2) is 23.0 Å². The molecule has 2 aromatic heterocycles. The highest BCUT2D eigenvalue weighted by Crippen LogP contribution is 2.33. The Morgan fingerprint density at radius 2 is 2.03 bits per heavy atom. The number of nitrogens with one attached hydrogen (secondary N) is 1. The summed E-state index contributed by atoms with van der Waals surface area (Å²) in [6.07, 6.45) is 3.15. The van der Waals surface area contributed by atoms with Crippen LogP contribution >= 0.6 is 0 Å². The maximum Gasteiger partial charge on any atom is 0.252 e. The van der Waals surface area contributed by atoms with Crippen molar-refractivity contribution in [3.8, 4) is 0 Å². The van der Waals surface area contributed by atoms with Gasteiger partial charge in [0.2, 0.25) is 0 Å². The van der Waals surface area contributed by atoms with E-state index in [-0.39, 0.29) is 29.2 Å². The van der Waals surface area contributed by atoms with Crippen LogP contribution in [0.1, 0.15) is 82.4 Å². The van der Waals surface area contributed by atoms with Gasteiger partial charge in [-0.1, -0.05) is 26.8 Å². The lowest BCUT2D eigenvalue weighted by Gasteiger charge is -2.36. The second-order valence-corrected chi connectivity index (χ2v) is 11.0. The van der Waals surface area contributed by atoms with Crippen molar-refractivity contribution in [1.29, 1.82) is 0 Å². The smallest absolute Gasteiger partial charge is 0.252 e. The zero-order chi connectivity index (χ0) is 25.3. The van der Waals surface area contributed by atoms with Gasteiger partial charge < -0.3 is 9.72 Å². The van der Waals surface area contributed by atoms with Crippen molar-refractivity contribution in [2.75, 3.05) is 13.2 Å². The number of ether oxygens (including phenoxy) is 1. The van der Waals surface area contributed by atoms with E-state index in [0.29, 0.717) is 6.54 Å². The molecular formula is C27H40N6O2. The molecule has 0 spiro atoms. The minimum absolute atomic E-state index is 0.0455. The summed E-state index contributed by atoms with van der Waals surface area (Å²) in [5, 5.41) is 14.1. The first kappa shape index (κ1) is 25.5. The second kappa shape index (κ2) is 10.2. The van der Waals surface area contributed by atoms with Crippen LogP contribution < -0.4 is 5.56 Å². The molecule has 0 radical (unpaired) electrons. The number of nitrogens with zero attached hydrogens (tertiary/aromatic N) is 5. The van der Waals surface area contributed by atoms with E-state index < -0.39 is 0 Å². The Kier molecular flexibility index (Phi) is 7.43. The normalized spacial score (nSPS) is 17.7. The Bertz CT molecular complexity index is 1220. The third-order valence-electron chi connectivity index (χ3n) is 7.45. The highest BCUT2D eigenvalue weighted by Gasteiger charge is 2.35. The number of tetrazole rings is 1. The molecule has 1 N–H and O–H groups in total. The monoisotopic (exact) mass is 480 g/mol. The van der Waals surface area contributed by atoms with Crippen molar-refractivity contribution in [3.63, 3.8) is 0 Å². The summed E-state index contributed by atoms with van der Waals surface area (Å²) in [5.41, 5.74) is 3.69. The van der Waals surface area contributed by atoms with Crippen molar-refractivity contribution in [2.45, 2.75) is 92.0 Å². The van der Waals surface area contributed by atoms with Crippen LogP contribution in [0.4, 0.5) is 0 Å². The molecule has 0 bridgehead atoms. The van der Waals surface area contributed by atoms with Gasteiger partial charge in [-0.15, -0.1) is 5.10 Å². The van der Waals surface area contributed by atoms with Crippen molar-refractivity contribution < 1.29 is 4.74 Å². The maximum atomic E-state index is 13.2. The first-order chi connectivity index (χ1) is 16.6. The summed E-state index contributed by atoms with van der Waals surface area (Å²) in [6, 6.07) is 6.19. The van der Waals surface area contributed by atoms with E-state index in [2.05, 4.69) is 86.0 Å². The van der Waals surface area contributed by atoms with E-state index in [4.69, 9.17) is 4.74 Å². The Labute approximate surface area is 208 Å². The van der Waals surface area contributed by atoms with E-state index in [1.54, 1.807) is 0 Å². The van der Waals surface area contributed by atoms with E-state index in [1.165, 1.54) is 0 Å². The Morgan fingerprint density at radius 1 is 1.26 bits per heavy atom. The van der Waals surface area contributed by atoms with Gasteiger partial charge in [0.25, 0.3) is 5.56 Å². The number of pyridine rings is 1. The van der Waals surface area contributed by atoms with Crippen LogP contribution in [-0.2, 0) is 16.8 Å². The minimum Gasteiger partial charge on any atom is -0.377 e. The van der Waals surface area contributed by atoms with Gasteiger partial charge in [0.15, 0.2) is 5.82 Å². The number of aryl methyl sites for hydroxylation is 2. The molecule has 8 heteroatoms. The van der Waals surface area contributed by atoms with Crippen molar-refractivity contribution >= 4 is 10.9 Å². The Morgan fingerprint density at radius 3 is 2.69 bits per heavy atom. The number of aromatic nitrogens is 5. The molecule has 8 nitrogen and oxygen atoms in total. The molecular weight excluding hydrogens is 440 g/mol. The molecule has 3 aromatic rings. The fourth-order valence-electron chi connectivity index (χ4n) is 5.22. The third kappa shape index (κ3) is 5.33. The molecule has 1 aliphatic rings. The molecule has 190 valence electrons. The maximum absolute atomic E-state index is 13.2. The summed E-state index contributed by atoms with van der Waals surface area (Å²) < 4.78 is 8.00. The highest BCUT2D eigenvalue weighted by atomic mass is 16.5. The van der Waals surface area contributed by atoms with Crippen molar-refractivity contribution in [3.05, 3.63) is 51.1 Å². The van der Waals surface area contributed by atoms with E-state index >= 15 is 0 Å². The number of H-pyrrole nitrogens is 1. The third-order valence-corrected chi connectivity index (χ3v) is 7.45. The quantitative estimate of drug-likeness (QED) is 0.479. The molecule has 3 heterocycles. The van der Waals surface area contributed by atoms with Gasteiger partial charge in [-0.3, -0.25) is 9.69 Å². The van der Waals surface area contributed by atoms with Gasteiger partial charge in [-0.25, -0.2) is 4.68 Å². The van der Waals surface area contributed by atoms with E-state index in [0.717, 1.165) is 65.8 Å². The molecule has 35 heavy (non-hydrogen) atoms. The van der Waals surface area contributed by atoms with Crippen LogP contribution in [0.5, 0.6) is 0 Å². The lowest BCUT2D eigenvalue weighted by Crippen LogP contribution is -2.41. The van der Waals surface area contributed by atoms with E-state index in [9.17, 15) is 4.79 Å². The molecule has 0 aliphatic carbocycles. The zero-order valence-corrected chi connectivity index (χ0v) is 22.3. The molecule has 0 unspecified atom stereocenters. The number of hydrogen-bond donors (Lipinski definition) is 1. The van der Waals surface area contributed by atoms with Gasteiger partial charge in [0.05, 0.1) is 17.7 Å². The molecule has 1 fully saturated rings. The van der Waals surface area contributed by atoms with Crippen LogP contribution in [0.25, 0.3) is 10.9 Å². The summed E-state index contributed by atoms with van der Waals surface area (Å²) >= 11 is 0. The molecule has 0 saturated carbocycles. The molecule has 2 atom stereocenters. The molecule has 1 aliphatic heterocycles. The van der Waals surface area contributed by atoms with Gasteiger partial charge in [-0.2, -0.15) is 0 Å². The van der Waals surface area contributed by atoms with Gasteiger partial charge in [0.1, 0.15) is 0 Å². The zero-order valence-electron chi connectivity index (χ0n) is 22.3. The van der Waals surface area contributed by atoms with Crippen molar-refractivity contribution in [1.82, 2.24) is 30.1 Å². The highest BCUT2D eigenvalue weighted by molar-refractivity contribution is 5.83. The lowest BCUT2D eigenvalue weighted by atomic mass is 9.96. The lowest BCUT2D eigenvalue weighted by molar-refractivity contribution is 0.0368. The average Bonchev–Trinajstić information content (AvgIpc) is 3.47. The first-order valence-electron chi connectivity index (χ1n) is 12.9. The van der Waals surface area contributed by atoms with Crippen LogP contribution in [0.2, 0.25) is 0 Å². The van der Waals surface area contributed by atoms with Crippen LogP contribution in [0.3, 0.4) is 0 Å². The average molecular weight is 481 g/mol. The topological polar surface area (TPSA) is 88.9 Å². The second-order valence-electron chi connectivity index (χ2n) is 11.0. The van der Waals surface area contributed by atoms with Gasteiger partial charge >= 0.3 is 0 Å². The number of fused-ring (bicyclic) bond motifs is 1. The predicted molar refractivity (Wildman–Crippen MR) is 138 cm³/mol. The number of aromatic amines is 1. The first-order valence-corrected chi connectivity index (χ1v) is 12.9. The standard InChI is InChI=1S/C27H40N6O2/c1-8-27(6,7)33-25(29-30-31-33)24(17(2)3)32(16-21-10-9-11-35-21)15-20-14-22-19(5)12-18(4)13-23(22)28-26(20)34/h12-14,17,21,24H,8-11,15-16H2,1-7H3,(H,28,34)/t21-,24-/m1/s1. The summed E-state index contributed by atoms with van der Waals surface area (Å²) in [7, 11) is 0. The number of hydrogen-bond acceptors (Lipinski definition) is 6. The molecule has 1 aromatic carbocycles. The van der Waals surface area contributed by atoms with Gasteiger partial charge in [-0.05, 0) is 86.6 Å². The molecule has 4 rings (SSSR count). The Hall–Kier alpha value is -2.58. The van der Waals surface area contributed by atoms with E-state index in [1.807, 2.05) is 10.7 Å².